The summed E-state index contributed by atoms with van der Waals surface area (Å²) in [6, 6.07) is 10.1. The molecule has 0 saturated carbocycles. The number of nitrogens with one attached hydrogen (secondary N) is 1. The molecule has 0 radical (unpaired) electrons. The summed E-state index contributed by atoms with van der Waals surface area (Å²) in [6.45, 7) is 2.64. The molecule has 0 aliphatic heterocycles. The van der Waals surface area contributed by atoms with Crippen LogP contribution in [0.1, 0.15) is 18.2 Å². The lowest BCUT2D eigenvalue weighted by atomic mass is 10.1. The smallest absolute Gasteiger partial charge is 0.193 e. The maximum atomic E-state index is 5.87. The largest absolute Gasteiger partial charge is 0.370 e. The van der Waals surface area contributed by atoms with Crippen LogP contribution in [0.4, 0.5) is 5.69 Å². The Balaban J connectivity index is 2.00. The summed E-state index contributed by atoms with van der Waals surface area (Å²) in [5.74, 6) is 0.412. The van der Waals surface area contributed by atoms with Crippen molar-refractivity contribution in [1.29, 1.82) is 0 Å². The second-order valence-corrected chi connectivity index (χ2v) is 4.33. The molecule has 0 aliphatic rings. The SMILES string of the molecule is CCc1cccc(NC(N)=NCc2ccnn2C)c1. The summed E-state index contributed by atoms with van der Waals surface area (Å²) in [5.41, 5.74) is 9.13. The van der Waals surface area contributed by atoms with Crippen molar-refractivity contribution in [2.45, 2.75) is 19.9 Å². The summed E-state index contributed by atoms with van der Waals surface area (Å²) in [5, 5.41) is 7.18. The van der Waals surface area contributed by atoms with Crippen molar-refractivity contribution in [1.82, 2.24) is 9.78 Å². The van der Waals surface area contributed by atoms with Crippen molar-refractivity contribution in [3.63, 3.8) is 0 Å². The molecule has 0 bridgehead atoms. The number of rotatable bonds is 4. The van der Waals surface area contributed by atoms with Gasteiger partial charge in [-0.2, -0.15) is 5.10 Å². The fraction of sp³-hybridized carbons (Fsp3) is 0.286. The molecular formula is C14H19N5. The number of aliphatic imine (C=N–C) groups is 1. The van der Waals surface area contributed by atoms with Crippen LogP contribution in [0, 0.1) is 0 Å². The molecule has 0 fully saturated rings. The summed E-state index contributed by atoms with van der Waals surface area (Å²) >= 11 is 0. The Labute approximate surface area is 113 Å². The topological polar surface area (TPSA) is 68.2 Å². The van der Waals surface area contributed by atoms with Gasteiger partial charge in [-0.1, -0.05) is 19.1 Å². The first kappa shape index (κ1) is 13.1. The highest BCUT2D eigenvalue weighted by Gasteiger charge is 1.99. The van der Waals surface area contributed by atoms with Gasteiger partial charge in [-0.05, 0) is 30.2 Å². The predicted molar refractivity (Wildman–Crippen MR) is 78.0 cm³/mol. The lowest BCUT2D eigenvalue weighted by Gasteiger charge is -2.07. The summed E-state index contributed by atoms with van der Waals surface area (Å²) in [7, 11) is 1.89. The molecule has 2 aromatic rings. The summed E-state index contributed by atoms with van der Waals surface area (Å²) < 4.78 is 1.79. The number of aryl methyl sites for hydroxylation is 2. The van der Waals surface area contributed by atoms with Crippen molar-refractivity contribution in [2.75, 3.05) is 5.32 Å². The van der Waals surface area contributed by atoms with Crippen LogP contribution >= 0.6 is 0 Å². The van der Waals surface area contributed by atoms with Gasteiger partial charge in [0.15, 0.2) is 5.96 Å². The molecule has 5 nitrogen and oxygen atoms in total. The molecule has 100 valence electrons. The van der Waals surface area contributed by atoms with Crippen LogP contribution in [0.5, 0.6) is 0 Å². The van der Waals surface area contributed by atoms with Crippen molar-refractivity contribution < 1.29 is 0 Å². The van der Waals surface area contributed by atoms with E-state index < -0.39 is 0 Å². The third-order valence-electron chi connectivity index (χ3n) is 2.94. The predicted octanol–water partition coefficient (Wildman–Crippen LogP) is 1.91. The molecule has 19 heavy (non-hydrogen) atoms. The van der Waals surface area contributed by atoms with Gasteiger partial charge in [0.2, 0.25) is 0 Å². The van der Waals surface area contributed by atoms with E-state index in [4.69, 9.17) is 5.73 Å². The monoisotopic (exact) mass is 257 g/mol. The Morgan fingerprint density at radius 3 is 2.95 bits per heavy atom. The fourth-order valence-electron chi connectivity index (χ4n) is 1.78. The van der Waals surface area contributed by atoms with E-state index in [0.717, 1.165) is 17.8 Å². The highest BCUT2D eigenvalue weighted by molar-refractivity contribution is 5.92. The van der Waals surface area contributed by atoms with Gasteiger partial charge in [0.25, 0.3) is 0 Å². The Hall–Kier alpha value is -2.30. The highest BCUT2D eigenvalue weighted by atomic mass is 15.3. The third-order valence-corrected chi connectivity index (χ3v) is 2.94. The Bertz CT molecular complexity index is 571. The van der Waals surface area contributed by atoms with Crippen molar-refractivity contribution in [3.8, 4) is 0 Å². The standard InChI is InChI=1S/C14H19N5/c1-3-11-5-4-6-12(9-11)18-14(15)16-10-13-7-8-17-19(13)2/h4-9H,3,10H2,1-2H3,(H3,15,16,18). The quantitative estimate of drug-likeness (QED) is 0.649. The molecule has 2 rings (SSSR count). The molecule has 0 unspecified atom stereocenters. The molecule has 1 aromatic heterocycles. The minimum Gasteiger partial charge on any atom is -0.370 e. The Kier molecular flexibility index (Phi) is 4.18. The first-order chi connectivity index (χ1) is 9.19. The molecule has 0 amide bonds. The van der Waals surface area contributed by atoms with Crippen LogP contribution in [0.2, 0.25) is 0 Å². The average molecular weight is 257 g/mol. The van der Waals surface area contributed by atoms with Gasteiger partial charge in [-0.25, -0.2) is 4.99 Å². The van der Waals surface area contributed by atoms with Crippen LogP contribution in [-0.4, -0.2) is 15.7 Å². The van der Waals surface area contributed by atoms with E-state index >= 15 is 0 Å². The second-order valence-electron chi connectivity index (χ2n) is 4.33. The molecular weight excluding hydrogens is 238 g/mol. The fourth-order valence-corrected chi connectivity index (χ4v) is 1.78. The molecule has 0 saturated heterocycles. The van der Waals surface area contributed by atoms with Crippen molar-refractivity contribution >= 4 is 11.6 Å². The summed E-state index contributed by atoms with van der Waals surface area (Å²) in [6.07, 6.45) is 2.75. The second kappa shape index (κ2) is 6.04. The zero-order valence-electron chi connectivity index (χ0n) is 11.3. The maximum absolute atomic E-state index is 5.87. The minimum absolute atomic E-state index is 0.412. The number of nitrogens with zero attached hydrogens (tertiary/aromatic N) is 3. The van der Waals surface area contributed by atoms with E-state index in [2.05, 4.69) is 34.5 Å². The van der Waals surface area contributed by atoms with Gasteiger partial charge in [0, 0.05) is 18.9 Å². The van der Waals surface area contributed by atoms with Gasteiger partial charge in [-0.15, -0.1) is 0 Å². The van der Waals surface area contributed by atoms with E-state index in [1.54, 1.807) is 10.9 Å². The molecule has 0 spiro atoms. The number of benzene rings is 1. The maximum Gasteiger partial charge on any atom is 0.193 e. The van der Waals surface area contributed by atoms with Crippen LogP contribution in [0.3, 0.4) is 0 Å². The summed E-state index contributed by atoms with van der Waals surface area (Å²) in [4.78, 5) is 4.30. The number of guanidine groups is 1. The zero-order valence-corrected chi connectivity index (χ0v) is 11.3. The van der Waals surface area contributed by atoms with Crippen LogP contribution in [0.15, 0.2) is 41.5 Å². The van der Waals surface area contributed by atoms with Crippen LogP contribution in [0.25, 0.3) is 0 Å². The highest BCUT2D eigenvalue weighted by Crippen LogP contribution is 2.10. The van der Waals surface area contributed by atoms with Crippen molar-refractivity contribution in [3.05, 3.63) is 47.8 Å². The molecule has 0 aliphatic carbocycles. The van der Waals surface area contributed by atoms with Gasteiger partial charge in [-0.3, -0.25) is 4.68 Å². The van der Waals surface area contributed by atoms with E-state index in [-0.39, 0.29) is 0 Å². The van der Waals surface area contributed by atoms with Crippen LogP contribution < -0.4 is 11.1 Å². The molecule has 5 heteroatoms. The van der Waals surface area contributed by atoms with Gasteiger partial charge in [0.1, 0.15) is 0 Å². The van der Waals surface area contributed by atoms with E-state index in [9.17, 15) is 0 Å². The number of nitrogens with two attached hydrogens (primary N) is 1. The van der Waals surface area contributed by atoms with Crippen molar-refractivity contribution in [2.24, 2.45) is 17.8 Å². The Morgan fingerprint density at radius 2 is 2.26 bits per heavy atom. The number of aromatic nitrogens is 2. The van der Waals surface area contributed by atoms with Crippen LogP contribution in [-0.2, 0) is 20.0 Å². The average Bonchev–Trinajstić information content (AvgIpc) is 2.82. The molecule has 0 atom stereocenters. The first-order valence-corrected chi connectivity index (χ1v) is 6.32. The molecule has 1 aromatic carbocycles. The normalized spacial score (nSPS) is 11.6. The number of hydrogen-bond acceptors (Lipinski definition) is 2. The molecule has 3 N–H and O–H groups in total. The van der Waals surface area contributed by atoms with Gasteiger partial charge < -0.3 is 11.1 Å². The lowest BCUT2D eigenvalue weighted by molar-refractivity contribution is 0.712. The van der Waals surface area contributed by atoms with E-state index in [0.29, 0.717) is 12.5 Å². The number of hydrogen-bond donors (Lipinski definition) is 2. The van der Waals surface area contributed by atoms with E-state index in [1.807, 2.05) is 25.2 Å². The van der Waals surface area contributed by atoms with Gasteiger partial charge in [0.05, 0.1) is 12.2 Å². The first-order valence-electron chi connectivity index (χ1n) is 6.32. The minimum atomic E-state index is 0.412. The zero-order chi connectivity index (χ0) is 13.7. The third kappa shape index (κ3) is 3.58. The van der Waals surface area contributed by atoms with Gasteiger partial charge >= 0.3 is 0 Å². The number of anilines is 1. The van der Waals surface area contributed by atoms with E-state index in [1.165, 1.54) is 5.56 Å². The lowest BCUT2D eigenvalue weighted by Crippen LogP contribution is -2.22. The Morgan fingerprint density at radius 1 is 1.42 bits per heavy atom. The molecule has 1 heterocycles.